The molecule has 2 rings (SSSR count). The van der Waals surface area contributed by atoms with Crippen LogP contribution < -0.4 is 0 Å². The van der Waals surface area contributed by atoms with Gasteiger partial charge in [-0.3, -0.25) is 19.0 Å². The summed E-state index contributed by atoms with van der Waals surface area (Å²) in [5.41, 5.74) is 0.669. The largest absolute Gasteiger partial charge is 0.270 e. The normalized spacial score (nSPS) is 11.8. The van der Waals surface area contributed by atoms with Crippen molar-refractivity contribution < 1.29 is 17.5 Å². The summed E-state index contributed by atoms with van der Waals surface area (Å²) in [6.07, 6.45) is 2.46. The lowest BCUT2D eigenvalue weighted by Crippen LogP contribution is -2.11. The van der Waals surface area contributed by atoms with Crippen LogP contribution in [0.25, 0.3) is 10.9 Å². The van der Waals surface area contributed by atoms with Gasteiger partial charge in [-0.05, 0) is 6.07 Å². The second-order valence-corrected chi connectivity index (χ2v) is 5.54. The first kappa shape index (κ1) is 13.4. The molecule has 0 atom stereocenters. The molecule has 0 aliphatic heterocycles. The topological polar surface area (TPSA) is 104 Å². The smallest absolute Gasteiger partial charge is 0.268 e. The fourth-order valence-electron chi connectivity index (χ4n) is 1.64. The van der Waals surface area contributed by atoms with Crippen molar-refractivity contribution in [2.45, 2.75) is 6.54 Å². The molecule has 2 aromatic rings. The Labute approximate surface area is 108 Å². The van der Waals surface area contributed by atoms with Gasteiger partial charge in [0.1, 0.15) is 0 Å². The third kappa shape index (κ3) is 3.26. The van der Waals surface area contributed by atoms with Gasteiger partial charge in [0.25, 0.3) is 15.8 Å². The lowest BCUT2D eigenvalue weighted by molar-refractivity contribution is -0.384. The predicted octanol–water partition coefficient (Wildman–Crippen LogP) is 0.921. The van der Waals surface area contributed by atoms with Crippen LogP contribution in [-0.4, -0.2) is 36.0 Å². The maximum absolute atomic E-state index is 10.8. The first-order valence-electron chi connectivity index (χ1n) is 5.31. The molecular formula is C10H11N3O5S. The van der Waals surface area contributed by atoms with Crippen LogP contribution in [0.1, 0.15) is 0 Å². The van der Waals surface area contributed by atoms with Crippen molar-refractivity contribution in [3.8, 4) is 0 Å². The standard InChI is InChI=1S/C10H11N3O5S/c1-19(16,17)18-5-4-12-10-3-2-9(13(14)15)6-8(10)7-11-12/h2-3,6-7H,4-5H2,1H3. The molecule has 1 heterocycles. The molecular weight excluding hydrogens is 274 g/mol. The molecule has 0 radical (unpaired) electrons. The second-order valence-electron chi connectivity index (χ2n) is 3.89. The number of hydrogen-bond acceptors (Lipinski definition) is 6. The molecule has 0 saturated heterocycles. The van der Waals surface area contributed by atoms with Gasteiger partial charge in [0, 0.05) is 17.5 Å². The van der Waals surface area contributed by atoms with Gasteiger partial charge in [0.2, 0.25) is 0 Å². The molecule has 0 saturated carbocycles. The monoisotopic (exact) mass is 285 g/mol. The van der Waals surface area contributed by atoms with E-state index in [0.29, 0.717) is 10.9 Å². The summed E-state index contributed by atoms with van der Waals surface area (Å²) in [4.78, 5) is 10.1. The van der Waals surface area contributed by atoms with E-state index in [1.54, 1.807) is 6.07 Å². The molecule has 0 spiro atoms. The Balaban J connectivity index is 2.19. The van der Waals surface area contributed by atoms with E-state index in [0.717, 1.165) is 6.26 Å². The number of fused-ring (bicyclic) bond motifs is 1. The number of nitro benzene ring substituents is 1. The first-order valence-corrected chi connectivity index (χ1v) is 7.13. The van der Waals surface area contributed by atoms with Crippen LogP contribution in [0.3, 0.4) is 0 Å². The number of nitro groups is 1. The summed E-state index contributed by atoms with van der Waals surface area (Å²) < 4.78 is 27.8. The van der Waals surface area contributed by atoms with E-state index in [1.807, 2.05) is 0 Å². The van der Waals surface area contributed by atoms with Crippen LogP contribution >= 0.6 is 0 Å². The second kappa shape index (κ2) is 4.94. The minimum atomic E-state index is -3.48. The summed E-state index contributed by atoms with van der Waals surface area (Å²) >= 11 is 0. The number of hydrogen-bond donors (Lipinski definition) is 0. The van der Waals surface area contributed by atoms with Gasteiger partial charge in [-0.2, -0.15) is 13.5 Å². The van der Waals surface area contributed by atoms with E-state index >= 15 is 0 Å². The highest BCUT2D eigenvalue weighted by Gasteiger charge is 2.10. The van der Waals surface area contributed by atoms with Crippen molar-refractivity contribution in [2.24, 2.45) is 0 Å². The SMILES string of the molecule is CS(=O)(=O)OCCn1ncc2cc([N+](=O)[O-])ccc21. The molecule has 0 aliphatic rings. The van der Waals surface area contributed by atoms with Crippen molar-refractivity contribution in [1.82, 2.24) is 9.78 Å². The molecule has 0 unspecified atom stereocenters. The molecule has 0 aliphatic carbocycles. The number of nitrogens with zero attached hydrogens (tertiary/aromatic N) is 3. The zero-order valence-electron chi connectivity index (χ0n) is 10.0. The van der Waals surface area contributed by atoms with Gasteiger partial charge in [0.05, 0.1) is 36.0 Å². The van der Waals surface area contributed by atoms with Gasteiger partial charge >= 0.3 is 0 Å². The van der Waals surface area contributed by atoms with Crippen molar-refractivity contribution in [1.29, 1.82) is 0 Å². The van der Waals surface area contributed by atoms with Crippen LogP contribution in [0, 0.1) is 10.1 Å². The molecule has 102 valence electrons. The average molecular weight is 285 g/mol. The fourth-order valence-corrected chi connectivity index (χ4v) is 2.02. The van der Waals surface area contributed by atoms with Gasteiger partial charge in [-0.25, -0.2) is 0 Å². The van der Waals surface area contributed by atoms with Gasteiger partial charge in [-0.15, -0.1) is 0 Å². The first-order chi connectivity index (χ1) is 8.87. The van der Waals surface area contributed by atoms with Crippen LogP contribution in [0.15, 0.2) is 24.4 Å². The fraction of sp³-hybridized carbons (Fsp3) is 0.300. The van der Waals surface area contributed by atoms with Gasteiger partial charge in [-0.1, -0.05) is 0 Å². The number of aromatic nitrogens is 2. The Morgan fingerprint density at radius 2 is 2.21 bits per heavy atom. The summed E-state index contributed by atoms with van der Waals surface area (Å²) in [7, 11) is -3.48. The molecule has 8 nitrogen and oxygen atoms in total. The van der Waals surface area contributed by atoms with E-state index in [2.05, 4.69) is 9.28 Å². The molecule has 0 bridgehead atoms. The third-order valence-corrected chi connectivity index (χ3v) is 3.03. The Kier molecular flexibility index (Phi) is 3.49. The Morgan fingerprint density at radius 1 is 1.47 bits per heavy atom. The van der Waals surface area contributed by atoms with Crippen LogP contribution in [0.5, 0.6) is 0 Å². The van der Waals surface area contributed by atoms with E-state index in [4.69, 9.17) is 0 Å². The highest BCUT2D eigenvalue weighted by Crippen LogP contribution is 2.20. The zero-order valence-corrected chi connectivity index (χ0v) is 10.8. The number of non-ortho nitro benzene ring substituents is 1. The van der Waals surface area contributed by atoms with Crippen LogP contribution in [-0.2, 0) is 20.8 Å². The van der Waals surface area contributed by atoms with Crippen LogP contribution in [0.2, 0.25) is 0 Å². The predicted molar refractivity (Wildman–Crippen MR) is 67.2 cm³/mol. The maximum atomic E-state index is 10.8. The quantitative estimate of drug-likeness (QED) is 0.459. The van der Waals surface area contributed by atoms with Crippen molar-refractivity contribution in [2.75, 3.05) is 12.9 Å². The lowest BCUT2D eigenvalue weighted by Gasteiger charge is -2.03. The Hall–Kier alpha value is -2.00. The molecule has 0 N–H and O–H groups in total. The van der Waals surface area contributed by atoms with Crippen molar-refractivity contribution >= 4 is 26.7 Å². The van der Waals surface area contributed by atoms with E-state index < -0.39 is 15.0 Å². The highest BCUT2D eigenvalue weighted by atomic mass is 32.2. The van der Waals surface area contributed by atoms with Gasteiger partial charge in [0.15, 0.2) is 0 Å². The summed E-state index contributed by atoms with van der Waals surface area (Å²) in [5.74, 6) is 0. The van der Waals surface area contributed by atoms with Gasteiger partial charge < -0.3 is 0 Å². The molecule has 9 heteroatoms. The summed E-state index contributed by atoms with van der Waals surface area (Å²) in [5, 5.41) is 15.3. The summed E-state index contributed by atoms with van der Waals surface area (Å²) in [6, 6.07) is 4.36. The molecule has 0 amide bonds. The minimum Gasteiger partial charge on any atom is -0.268 e. The van der Waals surface area contributed by atoms with E-state index in [-0.39, 0.29) is 18.8 Å². The number of rotatable bonds is 5. The Bertz CT molecular complexity index is 722. The number of benzene rings is 1. The average Bonchev–Trinajstić information content (AvgIpc) is 2.70. The van der Waals surface area contributed by atoms with E-state index in [9.17, 15) is 18.5 Å². The van der Waals surface area contributed by atoms with Crippen molar-refractivity contribution in [3.05, 3.63) is 34.5 Å². The lowest BCUT2D eigenvalue weighted by atomic mass is 10.2. The van der Waals surface area contributed by atoms with Crippen LogP contribution in [0.4, 0.5) is 5.69 Å². The molecule has 19 heavy (non-hydrogen) atoms. The molecule has 1 aromatic carbocycles. The zero-order chi connectivity index (χ0) is 14.0. The molecule has 0 fully saturated rings. The maximum Gasteiger partial charge on any atom is 0.270 e. The third-order valence-electron chi connectivity index (χ3n) is 2.44. The minimum absolute atomic E-state index is 0.0144. The molecule has 1 aromatic heterocycles. The summed E-state index contributed by atoms with van der Waals surface area (Å²) in [6.45, 7) is 0.209. The highest BCUT2D eigenvalue weighted by molar-refractivity contribution is 7.85. The van der Waals surface area contributed by atoms with E-state index in [1.165, 1.54) is 23.0 Å². The van der Waals surface area contributed by atoms with Crippen molar-refractivity contribution in [3.63, 3.8) is 0 Å². The Morgan fingerprint density at radius 3 is 2.84 bits per heavy atom.